The Morgan fingerprint density at radius 1 is 1.58 bits per heavy atom. The second kappa shape index (κ2) is 3.26. The summed E-state index contributed by atoms with van der Waals surface area (Å²) < 4.78 is 0. The summed E-state index contributed by atoms with van der Waals surface area (Å²) in [4.78, 5) is 1.92. The van der Waals surface area contributed by atoms with Crippen molar-refractivity contribution >= 4 is 11.5 Å². The van der Waals surface area contributed by atoms with Crippen LogP contribution in [0, 0.1) is 11.5 Å². The van der Waals surface area contributed by atoms with Gasteiger partial charge in [-0.3, -0.25) is 5.41 Å². The molecule has 0 spiro atoms. The molecule has 0 bridgehead atoms. The van der Waals surface area contributed by atoms with Crippen molar-refractivity contribution in [1.29, 1.82) is 5.41 Å². The molecule has 3 nitrogen and oxygen atoms in total. The van der Waals surface area contributed by atoms with Gasteiger partial charge >= 0.3 is 0 Å². The molecule has 63 valence electrons. The van der Waals surface area contributed by atoms with Gasteiger partial charge in [0.2, 0.25) is 0 Å². The van der Waals surface area contributed by atoms with Crippen LogP contribution in [0.5, 0.6) is 0 Å². The zero-order valence-electron chi connectivity index (χ0n) is 7.26. The summed E-state index contributed by atoms with van der Waals surface area (Å²) in [7, 11) is 3.85. The molecule has 3 heteroatoms. The molecule has 0 saturated heterocycles. The van der Waals surface area contributed by atoms with Gasteiger partial charge in [0.1, 0.15) is 5.84 Å². The fourth-order valence-electron chi connectivity index (χ4n) is 0.880. The topological polar surface area (TPSA) is 53.1 Å². The number of hydrogen-bond acceptors (Lipinski definition) is 2. The van der Waals surface area contributed by atoms with E-state index in [2.05, 4.69) is 6.07 Å². The number of rotatable bonds is 2. The van der Waals surface area contributed by atoms with Gasteiger partial charge in [0, 0.05) is 31.4 Å². The van der Waals surface area contributed by atoms with Gasteiger partial charge in [0.05, 0.1) is 0 Å². The third-order valence-corrected chi connectivity index (χ3v) is 1.58. The van der Waals surface area contributed by atoms with Crippen LogP contribution < -0.4 is 10.6 Å². The summed E-state index contributed by atoms with van der Waals surface area (Å²) in [5, 5.41) is 7.22. The third kappa shape index (κ3) is 1.75. The number of benzene rings is 1. The predicted molar refractivity (Wildman–Crippen MR) is 50.6 cm³/mol. The van der Waals surface area contributed by atoms with Crippen molar-refractivity contribution in [3.63, 3.8) is 0 Å². The Morgan fingerprint density at radius 3 is 2.75 bits per heavy atom. The smallest absolute Gasteiger partial charge is 0.122 e. The van der Waals surface area contributed by atoms with Crippen molar-refractivity contribution in [2.75, 3.05) is 19.0 Å². The lowest BCUT2D eigenvalue weighted by Gasteiger charge is -2.12. The zero-order chi connectivity index (χ0) is 9.14. The molecule has 3 N–H and O–H groups in total. The molecule has 0 atom stereocenters. The average Bonchev–Trinajstić information content (AvgIpc) is 2.04. The van der Waals surface area contributed by atoms with Crippen molar-refractivity contribution in [2.45, 2.75) is 0 Å². The Bertz CT molecular complexity index is 292. The van der Waals surface area contributed by atoms with Crippen LogP contribution in [0.2, 0.25) is 0 Å². The van der Waals surface area contributed by atoms with E-state index in [4.69, 9.17) is 11.1 Å². The number of nitrogen functional groups attached to an aromatic ring is 1. The minimum absolute atomic E-state index is 0.0899. The fraction of sp³-hybridized carbons (Fsp3) is 0.222. The molecule has 0 unspecified atom stereocenters. The maximum Gasteiger partial charge on any atom is 0.122 e. The van der Waals surface area contributed by atoms with Crippen molar-refractivity contribution in [3.8, 4) is 0 Å². The molecule has 0 amide bonds. The van der Waals surface area contributed by atoms with Crippen LogP contribution in [0.1, 0.15) is 5.56 Å². The van der Waals surface area contributed by atoms with Gasteiger partial charge in [-0.05, 0) is 6.07 Å². The Balaban J connectivity index is 3.04. The first-order valence-corrected chi connectivity index (χ1v) is 3.64. The Labute approximate surface area is 72.3 Å². The Kier molecular flexibility index (Phi) is 2.33. The molecule has 0 saturated carbocycles. The van der Waals surface area contributed by atoms with Gasteiger partial charge in [0.15, 0.2) is 0 Å². The van der Waals surface area contributed by atoms with Crippen LogP contribution >= 0.6 is 0 Å². The van der Waals surface area contributed by atoms with Gasteiger partial charge in [-0.15, -0.1) is 0 Å². The van der Waals surface area contributed by atoms with Gasteiger partial charge in [-0.2, -0.15) is 0 Å². The lowest BCUT2D eigenvalue weighted by molar-refractivity contribution is 1.13. The van der Waals surface area contributed by atoms with E-state index in [0.29, 0.717) is 0 Å². The van der Waals surface area contributed by atoms with Crippen LogP contribution in [0.25, 0.3) is 0 Å². The molecule has 0 aliphatic carbocycles. The number of nitrogens with zero attached hydrogens (tertiary/aromatic N) is 1. The maximum atomic E-state index is 7.22. The highest BCUT2D eigenvalue weighted by Crippen LogP contribution is 2.11. The highest BCUT2D eigenvalue weighted by Gasteiger charge is 1.99. The molecular weight excluding hydrogens is 150 g/mol. The van der Waals surface area contributed by atoms with Crippen molar-refractivity contribution in [3.05, 3.63) is 29.8 Å². The van der Waals surface area contributed by atoms with E-state index < -0.39 is 0 Å². The number of nitrogens with one attached hydrogen (secondary N) is 1. The summed E-state index contributed by atoms with van der Waals surface area (Å²) in [5.74, 6) is 0.0899. The number of hydrogen-bond donors (Lipinski definition) is 2. The SMILES string of the molecule is CN(C)c1[c]ccc(C(=N)N)c1. The molecule has 12 heavy (non-hydrogen) atoms. The molecule has 0 heterocycles. The number of nitrogens with two attached hydrogens (primary N) is 1. The molecule has 0 aliphatic rings. The third-order valence-electron chi connectivity index (χ3n) is 1.58. The Hall–Kier alpha value is -1.51. The van der Waals surface area contributed by atoms with Crippen LogP contribution in [0.3, 0.4) is 0 Å². The highest BCUT2D eigenvalue weighted by molar-refractivity contribution is 5.95. The first-order valence-electron chi connectivity index (χ1n) is 3.64. The minimum atomic E-state index is 0.0899. The summed E-state index contributed by atoms with van der Waals surface area (Å²) in [6.07, 6.45) is 0. The average molecular weight is 162 g/mol. The quantitative estimate of drug-likeness (QED) is 0.500. The molecule has 0 fully saturated rings. The molecule has 1 aromatic rings. The van der Waals surface area contributed by atoms with Crippen molar-refractivity contribution in [2.24, 2.45) is 5.73 Å². The van der Waals surface area contributed by atoms with Gasteiger partial charge in [0.25, 0.3) is 0 Å². The van der Waals surface area contributed by atoms with Gasteiger partial charge in [-0.25, -0.2) is 0 Å². The lowest BCUT2D eigenvalue weighted by atomic mass is 10.2. The number of anilines is 1. The maximum absolute atomic E-state index is 7.22. The van der Waals surface area contributed by atoms with Crippen LogP contribution in [-0.2, 0) is 0 Å². The normalized spacial score (nSPS) is 9.50. The molecule has 0 aromatic heterocycles. The fourth-order valence-corrected chi connectivity index (χ4v) is 0.880. The molecule has 1 radical (unpaired) electrons. The van der Waals surface area contributed by atoms with Crippen LogP contribution in [0.15, 0.2) is 18.2 Å². The van der Waals surface area contributed by atoms with Crippen molar-refractivity contribution < 1.29 is 0 Å². The zero-order valence-corrected chi connectivity index (χ0v) is 7.26. The molecule has 1 aromatic carbocycles. The molecular formula is C9H12N3. The van der Waals surface area contributed by atoms with E-state index in [-0.39, 0.29) is 5.84 Å². The van der Waals surface area contributed by atoms with Gasteiger partial charge < -0.3 is 10.6 Å². The lowest BCUT2D eigenvalue weighted by Crippen LogP contribution is -2.13. The van der Waals surface area contributed by atoms with E-state index in [0.717, 1.165) is 11.3 Å². The van der Waals surface area contributed by atoms with E-state index in [1.54, 1.807) is 12.1 Å². The van der Waals surface area contributed by atoms with E-state index in [1.165, 1.54) is 0 Å². The highest BCUT2D eigenvalue weighted by atomic mass is 15.1. The first-order chi connectivity index (χ1) is 5.61. The largest absolute Gasteiger partial charge is 0.384 e. The minimum Gasteiger partial charge on any atom is -0.384 e. The standard InChI is InChI=1S/C9H12N3/c1-12(2)8-5-3-4-7(6-8)9(10)11/h3-4,6H,1-2H3,(H3,10,11). The summed E-state index contributed by atoms with van der Waals surface area (Å²) in [5.41, 5.74) is 7.00. The molecule has 0 aliphatic heterocycles. The monoisotopic (exact) mass is 162 g/mol. The number of amidine groups is 1. The second-order valence-corrected chi connectivity index (χ2v) is 2.77. The second-order valence-electron chi connectivity index (χ2n) is 2.77. The predicted octanol–water partition coefficient (Wildman–Crippen LogP) is 0.837. The Morgan fingerprint density at radius 2 is 2.25 bits per heavy atom. The molecule has 1 rings (SSSR count). The van der Waals surface area contributed by atoms with E-state index >= 15 is 0 Å². The van der Waals surface area contributed by atoms with E-state index in [1.807, 2.05) is 25.1 Å². The summed E-state index contributed by atoms with van der Waals surface area (Å²) in [6, 6.07) is 8.42. The van der Waals surface area contributed by atoms with Crippen LogP contribution in [-0.4, -0.2) is 19.9 Å². The van der Waals surface area contributed by atoms with Crippen molar-refractivity contribution in [1.82, 2.24) is 0 Å². The first kappa shape index (κ1) is 8.59. The summed E-state index contributed by atoms with van der Waals surface area (Å²) in [6.45, 7) is 0. The van der Waals surface area contributed by atoms with Gasteiger partial charge in [-0.1, -0.05) is 12.1 Å². The van der Waals surface area contributed by atoms with E-state index in [9.17, 15) is 0 Å². The van der Waals surface area contributed by atoms with Crippen LogP contribution in [0.4, 0.5) is 5.69 Å². The summed E-state index contributed by atoms with van der Waals surface area (Å²) >= 11 is 0.